The van der Waals surface area contributed by atoms with Crippen LogP contribution in [0.4, 0.5) is 0 Å². The van der Waals surface area contributed by atoms with Gasteiger partial charge in [-0.2, -0.15) is 0 Å². The molecule has 8 rings (SSSR count). The largest absolute Gasteiger partial charge is 0.481 e. The molecule has 3 spiro atoms. The van der Waals surface area contributed by atoms with Gasteiger partial charge in [-0.15, -0.1) is 0 Å². The Balaban J connectivity index is 1.43. The van der Waals surface area contributed by atoms with Crippen LogP contribution in [-0.2, 0) is 44.5 Å². The lowest BCUT2D eigenvalue weighted by Gasteiger charge is -2.77. The predicted molar refractivity (Wildman–Crippen MR) is 142 cm³/mol. The molecule has 4 saturated carbocycles. The molecule has 10 nitrogen and oxygen atoms in total. The van der Waals surface area contributed by atoms with Gasteiger partial charge in [0.2, 0.25) is 0 Å². The topological polar surface area (TPSA) is 131 Å². The molecular weight excluding hydrogens is 544 g/mol. The molecular formula is C32H40O10. The van der Waals surface area contributed by atoms with Crippen LogP contribution in [0.2, 0.25) is 0 Å². The van der Waals surface area contributed by atoms with Gasteiger partial charge in [-0.1, -0.05) is 34.6 Å². The normalized spacial score (nSPS) is 54.2. The van der Waals surface area contributed by atoms with Crippen LogP contribution in [0.5, 0.6) is 0 Å². The van der Waals surface area contributed by atoms with E-state index in [2.05, 4.69) is 20.8 Å². The van der Waals surface area contributed by atoms with E-state index in [4.69, 9.17) is 28.1 Å². The van der Waals surface area contributed by atoms with Gasteiger partial charge in [-0.25, -0.2) is 0 Å². The van der Waals surface area contributed by atoms with E-state index in [0.29, 0.717) is 32.1 Å². The molecule has 0 amide bonds. The van der Waals surface area contributed by atoms with Crippen molar-refractivity contribution < 1.29 is 47.6 Å². The number of aliphatic carboxylic acids is 1. The number of ether oxygens (including phenoxy) is 5. The van der Waals surface area contributed by atoms with Crippen molar-refractivity contribution >= 4 is 17.9 Å². The summed E-state index contributed by atoms with van der Waals surface area (Å²) in [6.07, 6.45) is 5.10. The van der Waals surface area contributed by atoms with Crippen LogP contribution in [0.15, 0.2) is 23.0 Å². The first-order chi connectivity index (χ1) is 19.6. The number of esters is 2. The van der Waals surface area contributed by atoms with Gasteiger partial charge in [0.05, 0.1) is 24.9 Å². The quantitative estimate of drug-likeness (QED) is 0.481. The van der Waals surface area contributed by atoms with Crippen LogP contribution >= 0.6 is 0 Å². The lowest BCUT2D eigenvalue weighted by Crippen LogP contribution is -2.92. The van der Waals surface area contributed by atoms with Gasteiger partial charge in [0.25, 0.3) is 5.97 Å². The van der Waals surface area contributed by atoms with Crippen LogP contribution in [-0.4, -0.2) is 57.5 Å². The van der Waals surface area contributed by atoms with Crippen molar-refractivity contribution in [2.24, 2.45) is 34.0 Å². The van der Waals surface area contributed by atoms with E-state index < -0.39 is 68.6 Å². The van der Waals surface area contributed by atoms with Crippen LogP contribution in [0, 0.1) is 34.0 Å². The summed E-state index contributed by atoms with van der Waals surface area (Å²) in [5.74, 6) is -4.33. The molecule has 42 heavy (non-hydrogen) atoms. The molecule has 7 fully saturated rings. The van der Waals surface area contributed by atoms with Crippen molar-refractivity contribution in [1.29, 1.82) is 0 Å². The Morgan fingerprint density at radius 3 is 2.48 bits per heavy atom. The minimum atomic E-state index is -1.49. The molecule has 7 aliphatic rings. The van der Waals surface area contributed by atoms with Gasteiger partial charge in [0.15, 0.2) is 11.7 Å². The average Bonchev–Trinajstić information content (AvgIpc) is 3.57. The third-order valence-corrected chi connectivity index (χ3v) is 13.1. The van der Waals surface area contributed by atoms with E-state index in [0.717, 1.165) is 5.56 Å². The van der Waals surface area contributed by atoms with Gasteiger partial charge in [0.1, 0.15) is 16.8 Å². The van der Waals surface area contributed by atoms with Crippen LogP contribution < -0.4 is 0 Å². The number of furan rings is 1. The number of carboxylic acids is 1. The van der Waals surface area contributed by atoms with Gasteiger partial charge >= 0.3 is 17.9 Å². The molecule has 228 valence electrons. The first kappa shape index (κ1) is 27.1. The summed E-state index contributed by atoms with van der Waals surface area (Å²) in [5.41, 5.74) is -5.75. The summed E-state index contributed by atoms with van der Waals surface area (Å²) in [7, 11) is 0. The number of hydrogen-bond donors (Lipinski definition) is 1. The minimum Gasteiger partial charge on any atom is -0.481 e. The molecule has 1 aromatic heterocycles. The molecule has 1 N–H and O–H groups in total. The SMILES string of the molecule is CC(C)C(=O)OC12CC3(C)CC14OC1(C)OC56C(CC(=O)OC25)C(C)(Cc2ccoc2)CCC6(O1)C4(C)C3CC(=O)O. The van der Waals surface area contributed by atoms with Crippen molar-refractivity contribution in [2.75, 3.05) is 0 Å². The van der Waals surface area contributed by atoms with Crippen LogP contribution in [0.25, 0.3) is 0 Å². The number of hydrogen-bond acceptors (Lipinski definition) is 9. The molecule has 4 bridgehead atoms. The lowest BCUT2D eigenvalue weighted by atomic mass is 9.34. The number of carbonyl (C=O) groups excluding carboxylic acids is 2. The molecule has 1 aromatic rings. The van der Waals surface area contributed by atoms with E-state index in [-0.39, 0.29) is 30.6 Å². The minimum absolute atomic E-state index is 0.0777. The zero-order valence-corrected chi connectivity index (χ0v) is 25.1. The second-order valence-corrected chi connectivity index (χ2v) is 15.5. The predicted octanol–water partition coefficient (Wildman–Crippen LogP) is 4.38. The molecule has 4 aliphatic carbocycles. The molecule has 11 atom stereocenters. The van der Waals surface area contributed by atoms with E-state index >= 15 is 0 Å². The van der Waals surface area contributed by atoms with E-state index in [1.54, 1.807) is 33.3 Å². The Bertz CT molecular complexity index is 1420. The summed E-state index contributed by atoms with van der Waals surface area (Å²) in [6.45, 7) is 11.7. The summed E-state index contributed by atoms with van der Waals surface area (Å²) in [4.78, 5) is 39.8. The number of carbonyl (C=O) groups is 3. The fourth-order valence-electron chi connectivity index (χ4n) is 12.1. The average molecular weight is 585 g/mol. The molecule has 0 aromatic carbocycles. The number of carboxylic acid groups (broad SMARTS) is 1. The Hall–Kier alpha value is -2.43. The van der Waals surface area contributed by atoms with Crippen molar-refractivity contribution in [1.82, 2.24) is 0 Å². The Labute approximate surface area is 244 Å². The highest BCUT2D eigenvalue weighted by Crippen LogP contribution is 2.90. The maximum Gasteiger partial charge on any atom is 0.309 e. The fraction of sp³-hybridized carbons (Fsp3) is 0.781. The van der Waals surface area contributed by atoms with Gasteiger partial charge in [-0.05, 0) is 60.5 Å². The maximum atomic E-state index is 13.7. The second-order valence-electron chi connectivity index (χ2n) is 15.5. The molecule has 3 aliphatic heterocycles. The van der Waals surface area contributed by atoms with Crippen molar-refractivity contribution in [2.45, 2.75) is 121 Å². The summed E-state index contributed by atoms with van der Waals surface area (Å²) >= 11 is 0. The van der Waals surface area contributed by atoms with E-state index in [1.165, 1.54) is 0 Å². The van der Waals surface area contributed by atoms with Crippen molar-refractivity contribution in [3.63, 3.8) is 0 Å². The van der Waals surface area contributed by atoms with Gasteiger partial charge < -0.3 is 33.2 Å². The number of fused-ring (bicyclic) bond motifs is 3. The standard InChI is InChI=1S/C32H40O10/c1-17(2)23(36)39-29-15-26(4)16-31(29)27(5,19(26)11-21(33)34)30-9-8-25(3,13-18-7-10-37-14-18)20-12-22(35)38-24(29)32(20,30)42-28(6,40-30)41-31/h7,10,14,17,19-20,24H,8-9,11-13,15-16H2,1-6H3,(H,33,34). The summed E-state index contributed by atoms with van der Waals surface area (Å²) < 4.78 is 39.8. The van der Waals surface area contributed by atoms with Gasteiger partial charge in [0, 0.05) is 24.7 Å². The third kappa shape index (κ3) is 2.58. The zero-order chi connectivity index (χ0) is 29.9. The van der Waals surface area contributed by atoms with E-state index in [9.17, 15) is 19.5 Å². The van der Waals surface area contributed by atoms with Crippen molar-refractivity contribution in [3.8, 4) is 0 Å². The van der Waals surface area contributed by atoms with E-state index in [1.807, 2.05) is 6.07 Å². The molecule has 3 saturated heterocycles. The van der Waals surface area contributed by atoms with Crippen LogP contribution in [0.1, 0.15) is 85.6 Å². The summed E-state index contributed by atoms with van der Waals surface area (Å²) in [6, 6.07) is 1.94. The number of rotatable bonds is 6. The molecule has 11 unspecified atom stereocenters. The monoisotopic (exact) mass is 584 g/mol. The highest BCUT2D eigenvalue weighted by Gasteiger charge is 3.02. The molecule has 4 heterocycles. The Kier molecular flexibility index (Phi) is 4.80. The Morgan fingerprint density at radius 2 is 1.81 bits per heavy atom. The first-order valence-electron chi connectivity index (χ1n) is 15.3. The molecule has 0 radical (unpaired) electrons. The first-order valence-corrected chi connectivity index (χ1v) is 15.3. The smallest absolute Gasteiger partial charge is 0.309 e. The van der Waals surface area contributed by atoms with Crippen molar-refractivity contribution in [3.05, 3.63) is 24.2 Å². The highest BCUT2D eigenvalue weighted by atomic mass is 16.9. The molecule has 10 heteroatoms. The Morgan fingerprint density at radius 1 is 1.07 bits per heavy atom. The maximum absolute atomic E-state index is 13.7. The highest BCUT2D eigenvalue weighted by molar-refractivity contribution is 5.76. The van der Waals surface area contributed by atoms with Gasteiger partial charge in [-0.3, -0.25) is 14.4 Å². The second kappa shape index (κ2) is 7.44. The third-order valence-electron chi connectivity index (χ3n) is 13.1. The van der Waals surface area contributed by atoms with Crippen LogP contribution in [0.3, 0.4) is 0 Å². The lowest BCUT2D eigenvalue weighted by molar-refractivity contribution is -0.471. The zero-order valence-electron chi connectivity index (χ0n) is 25.1. The summed E-state index contributed by atoms with van der Waals surface area (Å²) in [5, 5.41) is 10.2. The fourth-order valence-corrected chi connectivity index (χ4v) is 12.1.